The van der Waals surface area contributed by atoms with Gasteiger partial charge in [-0.05, 0) is 18.9 Å². The van der Waals surface area contributed by atoms with Gasteiger partial charge in [0.1, 0.15) is 17.0 Å². The van der Waals surface area contributed by atoms with Crippen LogP contribution >= 0.6 is 11.3 Å². The fourth-order valence-corrected chi connectivity index (χ4v) is 4.30. The quantitative estimate of drug-likeness (QED) is 0.754. The number of carbonyl (C=O) groups excluding carboxylic acids is 1. The average Bonchev–Trinajstić information content (AvgIpc) is 2.91. The normalized spacial score (nSPS) is 15.3. The molecule has 1 aromatic carbocycles. The molecule has 1 aliphatic heterocycles. The number of amides is 2. The SMILES string of the molecule is Cc1ccc(-c2csc3ncnc(N4CCCN(C(N)=O)CC4)c23)cc1. The number of fused-ring (bicyclic) bond motifs is 1. The molecule has 0 unspecified atom stereocenters. The predicted octanol–water partition coefficient (Wildman–Crippen LogP) is 3.26. The van der Waals surface area contributed by atoms with Crippen molar-refractivity contribution in [1.82, 2.24) is 14.9 Å². The number of nitrogens with two attached hydrogens (primary N) is 1. The molecule has 0 aliphatic carbocycles. The minimum absolute atomic E-state index is 0.351. The lowest BCUT2D eigenvalue weighted by molar-refractivity contribution is 0.211. The Kier molecular flexibility index (Phi) is 4.46. The van der Waals surface area contributed by atoms with E-state index in [2.05, 4.69) is 51.4 Å². The van der Waals surface area contributed by atoms with E-state index in [9.17, 15) is 4.79 Å². The standard InChI is InChI=1S/C19H21N5OS/c1-13-3-5-14(6-4-13)15-11-26-18-16(15)17(21-12-22-18)23-7-2-8-24(10-9-23)19(20)25/h3-6,11-12H,2,7-10H2,1H3,(H2,20,25). The third kappa shape index (κ3) is 3.10. The number of nitrogens with zero attached hydrogens (tertiary/aromatic N) is 4. The number of hydrogen-bond acceptors (Lipinski definition) is 5. The van der Waals surface area contributed by atoms with E-state index in [4.69, 9.17) is 5.73 Å². The number of urea groups is 1. The third-order valence-electron chi connectivity index (χ3n) is 4.82. The van der Waals surface area contributed by atoms with Gasteiger partial charge in [0.2, 0.25) is 0 Å². The summed E-state index contributed by atoms with van der Waals surface area (Å²) in [6, 6.07) is 8.18. The number of hydrogen-bond donors (Lipinski definition) is 1. The van der Waals surface area contributed by atoms with Crippen LogP contribution < -0.4 is 10.6 Å². The van der Waals surface area contributed by atoms with Crippen LogP contribution in [0, 0.1) is 6.92 Å². The van der Waals surface area contributed by atoms with E-state index in [0.717, 1.165) is 41.1 Å². The van der Waals surface area contributed by atoms with Crippen molar-refractivity contribution < 1.29 is 4.79 Å². The monoisotopic (exact) mass is 367 g/mol. The van der Waals surface area contributed by atoms with E-state index < -0.39 is 0 Å². The Balaban J connectivity index is 1.74. The molecule has 1 aliphatic rings. The topological polar surface area (TPSA) is 75.3 Å². The van der Waals surface area contributed by atoms with Gasteiger partial charge in [-0.25, -0.2) is 14.8 Å². The van der Waals surface area contributed by atoms with Crippen molar-refractivity contribution in [2.45, 2.75) is 13.3 Å². The van der Waals surface area contributed by atoms with E-state index >= 15 is 0 Å². The largest absolute Gasteiger partial charge is 0.354 e. The number of carbonyl (C=O) groups is 1. The summed E-state index contributed by atoms with van der Waals surface area (Å²) < 4.78 is 0. The second kappa shape index (κ2) is 6.92. The van der Waals surface area contributed by atoms with E-state index in [1.807, 2.05) is 0 Å². The molecule has 0 radical (unpaired) electrons. The van der Waals surface area contributed by atoms with E-state index in [-0.39, 0.29) is 6.03 Å². The first-order valence-electron chi connectivity index (χ1n) is 8.72. The van der Waals surface area contributed by atoms with Crippen LogP contribution in [0.3, 0.4) is 0 Å². The molecule has 0 bridgehead atoms. The number of primary amides is 1. The van der Waals surface area contributed by atoms with Crippen LogP contribution in [-0.2, 0) is 0 Å². The van der Waals surface area contributed by atoms with Crippen molar-refractivity contribution in [3.63, 3.8) is 0 Å². The highest BCUT2D eigenvalue weighted by atomic mass is 32.1. The van der Waals surface area contributed by atoms with Crippen molar-refractivity contribution in [3.05, 3.63) is 41.5 Å². The second-order valence-electron chi connectivity index (χ2n) is 6.56. The van der Waals surface area contributed by atoms with Gasteiger partial charge in [0, 0.05) is 37.1 Å². The van der Waals surface area contributed by atoms with Crippen LogP contribution in [0.1, 0.15) is 12.0 Å². The minimum Gasteiger partial charge on any atom is -0.354 e. The lowest BCUT2D eigenvalue weighted by Crippen LogP contribution is -2.38. The molecule has 2 aromatic heterocycles. The molecule has 1 saturated heterocycles. The summed E-state index contributed by atoms with van der Waals surface area (Å²) in [7, 11) is 0. The number of benzene rings is 1. The third-order valence-corrected chi connectivity index (χ3v) is 5.71. The number of anilines is 1. The maximum Gasteiger partial charge on any atom is 0.314 e. The molecule has 3 heterocycles. The van der Waals surface area contributed by atoms with Gasteiger partial charge in [-0.1, -0.05) is 29.8 Å². The summed E-state index contributed by atoms with van der Waals surface area (Å²) in [4.78, 5) is 25.5. The van der Waals surface area contributed by atoms with Gasteiger partial charge < -0.3 is 15.5 Å². The van der Waals surface area contributed by atoms with Gasteiger partial charge >= 0.3 is 6.03 Å². The highest BCUT2D eigenvalue weighted by molar-refractivity contribution is 7.17. The first-order valence-corrected chi connectivity index (χ1v) is 9.60. The zero-order valence-corrected chi connectivity index (χ0v) is 15.5. The Morgan fingerprint density at radius 3 is 2.69 bits per heavy atom. The zero-order chi connectivity index (χ0) is 18.1. The molecule has 2 amide bonds. The van der Waals surface area contributed by atoms with Crippen molar-refractivity contribution >= 4 is 33.4 Å². The van der Waals surface area contributed by atoms with E-state index in [0.29, 0.717) is 13.1 Å². The zero-order valence-electron chi connectivity index (χ0n) is 14.7. The van der Waals surface area contributed by atoms with Gasteiger partial charge in [0.15, 0.2) is 0 Å². The van der Waals surface area contributed by atoms with Crippen molar-refractivity contribution in [1.29, 1.82) is 0 Å². The Morgan fingerprint density at radius 1 is 1.12 bits per heavy atom. The van der Waals surface area contributed by atoms with Crippen molar-refractivity contribution in [3.8, 4) is 11.1 Å². The maximum absolute atomic E-state index is 11.5. The molecule has 0 spiro atoms. The molecule has 26 heavy (non-hydrogen) atoms. The molecule has 134 valence electrons. The number of rotatable bonds is 2. The van der Waals surface area contributed by atoms with Gasteiger partial charge in [0.05, 0.1) is 5.39 Å². The smallest absolute Gasteiger partial charge is 0.314 e. The Morgan fingerprint density at radius 2 is 1.92 bits per heavy atom. The molecule has 1 fully saturated rings. The summed E-state index contributed by atoms with van der Waals surface area (Å²) in [6.45, 7) is 4.96. The summed E-state index contributed by atoms with van der Waals surface area (Å²) in [5.74, 6) is 0.943. The van der Waals surface area contributed by atoms with Crippen LogP contribution in [0.15, 0.2) is 36.0 Å². The molecule has 6 nitrogen and oxygen atoms in total. The van der Waals surface area contributed by atoms with Crippen LogP contribution in [0.25, 0.3) is 21.3 Å². The Labute approximate surface area is 156 Å². The first kappa shape index (κ1) is 16.8. The molecule has 0 atom stereocenters. The molecular weight excluding hydrogens is 346 g/mol. The lowest BCUT2D eigenvalue weighted by Gasteiger charge is -2.23. The van der Waals surface area contributed by atoms with Crippen LogP contribution in [-0.4, -0.2) is 47.1 Å². The lowest BCUT2D eigenvalue weighted by atomic mass is 10.0. The van der Waals surface area contributed by atoms with Crippen molar-refractivity contribution in [2.24, 2.45) is 5.73 Å². The summed E-state index contributed by atoms with van der Waals surface area (Å²) >= 11 is 1.64. The van der Waals surface area contributed by atoms with E-state index in [1.54, 1.807) is 22.6 Å². The predicted molar refractivity (Wildman–Crippen MR) is 106 cm³/mol. The van der Waals surface area contributed by atoms with Gasteiger partial charge in [-0.15, -0.1) is 11.3 Å². The summed E-state index contributed by atoms with van der Waals surface area (Å²) in [5, 5.41) is 3.25. The van der Waals surface area contributed by atoms with Gasteiger partial charge in [-0.3, -0.25) is 0 Å². The number of aromatic nitrogens is 2. The van der Waals surface area contributed by atoms with Crippen LogP contribution in [0.5, 0.6) is 0 Å². The fraction of sp³-hybridized carbons (Fsp3) is 0.316. The molecule has 4 rings (SSSR count). The minimum atomic E-state index is -0.351. The second-order valence-corrected chi connectivity index (χ2v) is 7.42. The molecular formula is C19H21N5OS. The molecule has 0 saturated carbocycles. The molecule has 7 heteroatoms. The average molecular weight is 367 g/mol. The van der Waals surface area contributed by atoms with Gasteiger partial charge in [-0.2, -0.15) is 0 Å². The van der Waals surface area contributed by atoms with Crippen LogP contribution in [0.2, 0.25) is 0 Å². The molecule has 2 N–H and O–H groups in total. The summed E-state index contributed by atoms with van der Waals surface area (Å²) in [6.07, 6.45) is 2.50. The first-order chi connectivity index (χ1) is 12.6. The summed E-state index contributed by atoms with van der Waals surface area (Å²) in [5.41, 5.74) is 9.03. The van der Waals surface area contributed by atoms with E-state index in [1.165, 1.54) is 11.1 Å². The Hall–Kier alpha value is -2.67. The number of aryl methyl sites for hydroxylation is 1. The maximum atomic E-state index is 11.5. The highest BCUT2D eigenvalue weighted by Crippen LogP contribution is 2.38. The van der Waals surface area contributed by atoms with Gasteiger partial charge in [0.25, 0.3) is 0 Å². The Bertz CT molecular complexity index is 937. The number of thiophene rings is 1. The van der Waals surface area contributed by atoms with Crippen LogP contribution in [0.4, 0.5) is 10.6 Å². The molecule has 3 aromatic rings. The highest BCUT2D eigenvalue weighted by Gasteiger charge is 2.22. The van der Waals surface area contributed by atoms with Crippen molar-refractivity contribution in [2.75, 3.05) is 31.1 Å². The fourth-order valence-electron chi connectivity index (χ4n) is 3.39.